The number of halogens is 4. The summed E-state index contributed by atoms with van der Waals surface area (Å²) in [4.78, 5) is 62.8. The molecule has 4 aromatic rings. The third kappa shape index (κ3) is 9.91. The van der Waals surface area contributed by atoms with Gasteiger partial charge in [-0.05, 0) is 66.8 Å². The third-order valence-electron chi connectivity index (χ3n) is 8.68. The van der Waals surface area contributed by atoms with Crippen LogP contribution in [0.2, 0.25) is 5.02 Å². The maximum Gasteiger partial charge on any atom is 0.422 e. The second-order valence-electron chi connectivity index (χ2n) is 12.7. The van der Waals surface area contributed by atoms with Crippen LogP contribution in [-0.4, -0.2) is 77.2 Å². The van der Waals surface area contributed by atoms with Crippen molar-refractivity contribution in [3.63, 3.8) is 0 Å². The molecule has 0 bridgehead atoms. The highest BCUT2D eigenvalue weighted by molar-refractivity contribution is 6.35. The Morgan fingerprint density at radius 2 is 1.59 bits per heavy atom. The van der Waals surface area contributed by atoms with Gasteiger partial charge in [-0.2, -0.15) is 28.1 Å². The van der Waals surface area contributed by atoms with Gasteiger partial charge in [-0.3, -0.25) is 14.4 Å². The Morgan fingerprint density at radius 3 is 2.24 bits per heavy atom. The van der Waals surface area contributed by atoms with Crippen LogP contribution in [0.15, 0.2) is 78.9 Å². The largest absolute Gasteiger partial charge is 0.467 e. The Bertz CT molecular complexity index is 2000. The Balaban J connectivity index is 1.07. The van der Waals surface area contributed by atoms with Gasteiger partial charge in [0, 0.05) is 34.8 Å². The molecule has 2 saturated carbocycles. The number of nitrogens with one attached hydrogen (secondary N) is 5. The molecule has 1 aromatic heterocycles. The van der Waals surface area contributed by atoms with E-state index in [1.54, 1.807) is 12.1 Å². The molecule has 282 valence electrons. The van der Waals surface area contributed by atoms with Crippen LogP contribution in [0.25, 0.3) is 0 Å². The minimum absolute atomic E-state index is 0.0320. The lowest BCUT2D eigenvalue weighted by atomic mass is 10.1. The van der Waals surface area contributed by atoms with Crippen LogP contribution in [0.3, 0.4) is 0 Å². The molecule has 0 unspecified atom stereocenters. The average Bonchev–Trinajstić information content (AvgIpc) is 4.10. The Labute approximate surface area is 311 Å². The van der Waals surface area contributed by atoms with Crippen LogP contribution in [0, 0.1) is 0 Å². The van der Waals surface area contributed by atoms with Crippen LogP contribution in [0.1, 0.15) is 46.7 Å². The minimum Gasteiger partial charge on any atom is -0.467 e. The van der Waals surface area contributed by atoms with Crippen LogP contribution in [0.5, 0.6) is 6.01 Å². The summed E-state index contributed by atoms with van der Waals surface area (Å²) in [5.74, 6) is -3.48. The number of aromatic nitrogens is 3. The molecule has 3 atom stereocenters. The van der Waals surface area contributed by atoms with Crippen molar-refractivity contribution >= 4 is 52.9 Å². The third-order valence-corrected chi connectivity index (χ3v) is 8.93. The number of alkyl halides is 3. The molecular weight excluding hydrogens is 733 g/mol. The van der Waals surface area contributed by atoms with Crippen LogP contribution in [0.4, 0.5) is 30.8 Å². The van der Waals surface area contributed by atoms with Crippen LogP contribution in [-0.2, 0) is 24.7 Å². The number of methoxy groups -OCH3 is 1. The molecule has 0 saturated heterocycles. The molecule has 5 N–H and O–H groups in total. The van der Waals surface area contributed by atoms with Crippen molar-refractivity contribution in [2.75, 3.05) is 30.9 Å². The number of nitrogens with zero attached hydrogens (tertiary/aromatic N) is 3. The van der Waals surface area contributed by atoms with E-state index in [4.69, 9.17) is 21.1 Å². The van der Waals surface area contributed by atoms with E-state index in [1.165, 1.54) is 24.3 Å². The monoisotopic (exact) mass is 766 g/mol. The van der Waals surface area contributed by atoms with E-state index in [2.05, 4.69) is 41.5 Å². The average molecular weight is 767 g/mol. The molecule has 1 heterocycles. The maximum atomic E-state index is 13.1. The molecule has 2 aliphatic rings. The van der Waals surface area contributed by atoms with Crippen LogP contribution >= 0.6 is 11.6 Å². The summed E-state index contributed by atoms with van der Waals surface area (Å²) in [7, 11) is 1.11. The zero-order valence-electron chi connectivity index (χ0n) is 28.6. The van der Waals surface area contributed by atoms with E-state index < -0.39 is 60.6 Å². The van der Waals surface area contributed by atoms with Gasteiger partial charge in [-0.25, -0.2) is 4.79 Å². The number of carbonyl (C=O) groups excluding carboxylic acids is 4. The molecule has 14 nitrogen and oxygen atoms in total. The lowest BCUT2D eigenvalue weighted by Crippen LogP contribution is -2.51. The Morgan fingerprint density at radius 1 is 0.907 bits per heavy atom. The first kappa shape index (κ1) is 37.8. The van der Waals surface area contributed by atoms with Gasteiger partial charge < -0.3 is 36.1 Å². The predicted octanol–water partition coefficient (Wildman–Crippen LogP) is 4.37. The molecular formula is C36H34ClF3N8O6. The first-order valence-electron chi connectivity index (χ1n) is 16.7. The van der Waals surface area contributed by atoms with E-state index in [-0.39, 0.29) is 29.4 Å². The molecule has 0 aliphatic heterocycles. The van der Waals surface area contributed by atoms with Gasteiger partial charge in [0.1, 0.15) is 6.04 Å². The predicted molar refractivity (Wildman–Crippen MR) is 189 cm³/mol. The fraction of sp³-hybridized carbons (Fsp3) is 0.306. The number of rotatable bonds is 14. The van der Waals surface area contributed by atoms with E-state index >= 15 is 0 Å². The lowest BCUT2D eigenvalue weighted by molar-refractivity contribution is -0.154. The quantitative estimate of drug-likeness (QED) is 0.0907. The van der Waals surface area contributed by atoms with Crippen LogP contribution < -0.4 is 31.3 Å². The van der Waals surface area contributed by atoms with Gasteiger partial charge in [0.25, 0.3) is 5.91 Å². The number of benzene rings is 3. The van der Waals surface area contributed by atoms with E-state index in [9.17, 15) is 32.3 Å². The van der Waals surface area contributed by atoms with Crippen molar-refractivity contribution in [1.82, 2.24) is 30.9 Å². The van der Waals surface area contributed by atoms with Gasteiger partial charge in [-0.1, -0.05) is 54.1 Å². The minimum atomic E-state index is -4.64. The summed E-state index contributed by atoms with van der Waals surface area (Å²) >= 11 is 6.03. The number of ether oxygens (including phenoxy) is 2. The second-order valence-corrected chi connectivity index (χ2v) is 13.1. The van der Waals surface area contributed by atoms with E-state index in [0.717, 1.165) is 18.2 Å². The van der Waals surface area contributed by atoms with Crippen molar-refractivity contribution in [3.05, 3.63) is 101 Å². The van der Waals surface area contributed by atoms with Crippen molar-refractivity contribution in [1.29, 1.82) is 0 Å². The van der Waals surface area contributed by atoms with Crippen molar-refractivity contribution in [3.8, 4) is 6.01 Å². The van der Waals surface area contributed by atoms with Gasteiger partial charge in [0.05, 0.1) is 12.6 Å². The topological polar surface area (TPSA) is 186 Å². The number of hydrogen-bond acceptors (Lipinski definition) is 11. The zero-order chi connectivity index (χ0) is 38.5. The summed E-state index contributed by atoms with van der Waals surface area (Å²) in [5, 5.41) is 14.1. The standard InChI is InChI=1S/C36H34ClF3N8O6/c1-53-31(52)27(18-41-29(50)30(51)43-26-17-25(26)20-5-3-2-4-6-20)44-28(49)21-7-13-24(14-8-21)42-32-45-33(47-34(46-32)54-19-36(38,39)40)48-35(15-16-35)22-9-11-23(37)12-10-22/h2-14,25-27H,15-19H2,1H3,(H,41,50)(H,43,51)(H,44,49)(H2,42,45,46,47,48)/t25-,26-,27-/m0/s1. The van der Waals surface area contributed by atoms with Crippen molar-refractivity contribution < 1.29 is 41.8 Å². The first-order chi connectivity index (χ1) is 25.8. The Hall–Kier alpha value is -5.97. The highest BCUT2D eigenvalue weighted by atomic mass is 35.5. The van der Waals surface area contributed by atoms with E-state index in [1.807, 2.05) is 42.5 Å². The van der Waals surface area contributed by atoms with Crippen molar-refractivity contribution in [2.24, 2.45) is 0 Å². The summed E-state index contributed by atoms with van der Waals surface area (Å²) in [6, 6.07) is 20.3. The molecule has 18 heteroatoms. The first-order valence-corrected chi connectivity index (χ1v) is 17.1. The highest BCUT2D eigenvalue weighted by Crippen LogP contribution is 2.48. The zero-order valence-corrected chi connectivity index (χ0v) is 29.3. The number of amides is 3. The summed E-state index contributed by atoms with van der Waals surface area (Å²) < 4.78 is 48.5. The van der Waals surface area contributed by atoms with E-state index in [0.29, 0.717) is 30.0 Å². The second kappa shape index (κ2) is 16.0. The molecule has 54 heavy (non-hydrogen) atoms. The van der Waals surface area contributed by atoms with Gasteiger partial charge in [0.2, 0.25) is 11.9 Å². The lowest BCUT2D eigenvalue weighted by Gasteiger charge is -2.19. The molecule has 2 aliphatic carbocycles. The van der Waals surface area contributed by atoms with Gasteiger partial charge in [-0.15, -0.1) is 0 Å². The summed E-state index contributed by atoms with van der Waals surface area (Å²) in [5.41, 5.74) is 1.83. The number of hydrogen-bond donors (Lipinski definition) is 5. The molecule has 0 spiro atoms. The highest BCUT2D eigenvalue weighted by Gasteiger charge is 2.45. The molecule has 2 fully saturated rings. The SMILES string of the molecule is COC(=O)[C@H](CNC(=O)C(=O)N[C@H]1C[C@H]1c1ccccc1)NC(=O)c1ccc(Nc2nc(NC3(c4ccc(Cl)cc4)CC3)nc(OCC(F)(F)F)n2)cc1. The Kier molecular flexibility index (Phi) is 11.2. The van der Waals surface area contributed by atoms with Gasteiger partial charge >= 0.3 is 30.0 Å². The smallest absolute Gasteiger partial charge is 0.422 e. The summed E-state index contributed by atoms with van der Waals surface area (Å²) in [6.45, 7) is -2.05. The fourth-order valence-electron chi connectivity index (χ4n) is 5.62. The fourth-order valence-corrected chi connectivity index (χ4v) is 5.74. The molecule has 6 rings (SSSR count). The normalized spacial score (nSPS) is 17.3. The summed E-state index contributed by atoms with van der Waals surface area (Å²) in [6.07, 6.45) is -2.53. The van der Waals surface area contributed by atoms with Crippen molar-refractivity contribution in [2.45, 2.75) is 49.0 Å². The number of anilines is 3. The molecule has 0 radical (unpaired) electrons. The number of carbonyl (C=O) groups is 4. The number of esters is 1. The molecule has 3 aromatic carbocycles. The van der Waals surface area contributed by atoms with Gasteiger partial charge in [0.15, 0.2) is 6.61 Å². The maximum absolute atomic E-state index is 13.1. The molecule has 3 amide bonds.